The Hall–Kier alpha value is -1.04. The molecule has 1 rings (SSSR count). The van der Waals surface area contributed by atoms with Crippen LogP contribution in [-0.4, -0.2) is 0 Å². The van der Waals surface area contributed by atoms with Crippen LogP contribution < -0.4 is 0 Å². The maximum atomic E-state index is 2.31. The number of unbranched alkanes of at least 4 members (excludes halogenated alkanes) is 4. The van der Waals surface area contributed by atoms with Crippen molar-refractivity contribution in [2.24, 2.45) is 0 Å². The lowest BCUT2D eigenvalue weighted by molar-refractivity contribution is 0.675. The Morgan fingerprint density at radius 1 is 1.00 bits per heavy atom. The van der Waals surface area contributed by atoms with E-state index < -0.39 is 0 Å². The Labute approximate surface area is 107 Å². The summed E-state index contributed by atoms with van der Waals surface area (Å²) in [7, 11) is 0. The second-order valence-corrected chi connectivity index (χ2v) is 5.07. The molecule has 17 heavy (non-hydrogen) atoms. The Bertz CT molecular complexity index is 316. The largest absolute Gasteiger partial charge is 0.0839 e. The number of hydrogen-bond donors (Lipinski definition) is 0. The van der Waals surface area contributed by atoms with Crippen molar-refractivity contribution in [3.63, 3.8) is 0 Å². The molecule has 1 aromatic carbocycles. The zero-order valence-electron chi connectivity index (χ0n) is 11.6. The van der Waals surface area contributed by atoms with E-state index in [9.17, 15) is 0 Å². The minimum atomic E-state index is 0.627. The van der Waals surface area contributed by atoms with Crippen LogP contribution in [0, 0.1) is 0 Å². The molecule has 94 valence electrons. The van der Waals surface area contributed by atoms with Crippen molar-refractivity contribution >= 4 is 6.08 Å². The van der Waals surface area contributed by atoms with Gasteiger partial charge in [-0.15, -0.1) is 0 Å². The van der Waals surface area contributed by atoms with Gasteiger partial charge in [-0.1, -0.05) is 76.5 Å². The summed E-state index contributed by atoms with van der Waals surface area (Å²) in [4.78, 5) is 0. The molecule has 1 aromatic rings. The van der Waals surface area contributed by atoms with Crippen LogP contribution in [0.4, 0.5) is 0 Å². The van der Waals surface area contributed by atoms with Crippen molar-refractivity contribution in [1.29, 1.82) is 0 Å². The first-order chi connectivity index (χ1) is 8.24. The van der Waals surface area contributed by atoms with E-state index in [4.69, 9.17) is 0 Å². The molecule has 0 saturated carbocycles. The van der Waals surface area contributed by atoms with E-state index in [0.29, 0.717) is 5.92 Å². The lowest BCUT2D eigenvalue weighted by Crippen LogP contribution is -1.85. The van der Waals surface area contributed by atoms with Crippen LogP contribution in [0.1, 0.15) is 69.9 Å². The SMILES string of the molecule is CCCCCC/C=C/c1ccc(C(C)C)cc1. The third-order valence-corrected chi connectivity index (χ3v) is 3.14. The first kappa shape index (κ1) is 14.0. The smallest absolute Gasteiger partial charge is 0.0219 e. The molecular formula is C17H26. The van der Waals surface area contributed by atoms with E-state index in [1.807, 2.05) is 0 Å². The van der Waals surface area contributed by atoms with Crippen LogP contribution in [0.15, 0.2) is 30.3 Å². The predicted molar refractivity (Wildman–Crippen MR) is 78.3 cm³/mol. The first-order valence-electron chi connectivity index (χ1n) is 7.00. The molecule has 0 aliphatic heterocycles. The van der Waals surface area contributed by atoms with Gasteiger partial charge in [0.1, 0.15) is 0 Å². The molecule has 0 radical (unpaired) electrons. The van der Waals surface area contributed by atoms with E-state index in [0.717, 1.165) is 0 Å². The van der Waals surface area contributed by atoms with Gasteiger partial charge >= 0.3 is 0 Å². The fraction of sp³-hybridized carbons (Fsp3) is 0.529. The second kappa shape index (κ2) is 8.11. The standard InChI is InChI=1S/C17H26/c1-4-5-6-7-8-9-10-16-11-13-17(14-12-16)15(2)3/h9-15H,4-8H2,1-3H3/b10-9+. The summed E-state index contributed by atoms with van der Waals surface area (Å²) < 4.78 is 0. The maximum Gasteiger partial charge on any atom is -0.0219 e. The molecular weight excluding hydrogens is 204 g/mol. The van der Waals surface area contributed by atoms with Crippen molar-refractivity contribution in [3.05, 3.63) is 41.5 Å². The average molecular weight is 230 g/mol. The van der Waals surface area contributed by atoms with Gasteiger partial charge in [-0.2, -0.15) is 0 Å². The fourth-order valence-corrected chi connectivity index (χ4v) is 1.90. The summed E-state index contributed by atoms with van der Waals surface area (Å²) in [6, 6.07) is 8.92. The van der Waals surface area contributed by atoms with Crippen LogP contribution in [0.2, 0.25) is 0 Å². The van der Waals surface area contributed by atoms with Gasteiger partial charge < -0.3 is 0 Å². The Morgan fingerprint density at radius 2 is 1.71 bits per heavy atom. The Morgan fingerprint density at radius 3 is 2.29 bits per heavy atom. The molecule has 0 amide bonds. The fourth-order valence-electron chi connectivity index (χ4n) is 1.90. The molecule has 0 N–H and O–H groups in total. The molecule has 0 nitrogen and oxygen atoms in total. The highest BCUT2D eigenvalue weighted by Gasteiger charge is 1.96. The zero-order valence-corrected chi connectivity index (χ0v) is 11.6. The van der Waals surface area contributed by atoms with Crippen LogP contribution in [-0.2, 0) is 0 Å². The molecule has 0 heteroatoms. The molecule has 0 aliphatic rings. The van der Waals surface area contributed by atoms with Crippen molar-refractivity contribution in [2.75, 3.05) is 0 Å². The number of hydrogen-bond acceptors (Lipinski definition) is 0. The Balaban J connectivity index is 2.33. The monoisotopic (exact) mass is 230 g/mol. The average Bonchev–Trinajstić information content (AvgIpc) is 2.34. The predicted octanol–water partition coefficient (Wildman–Crippen LogP) is 5.79. The topological polar surface area (TPSA) is 0 Å². The van der Waals surface area contributed by atoms with E-state index in [1.165, 1.54) is 43.2 Å². The highest BCUT2D eigenvalue weighted by Crippen LogP contribution is 2.15. The first-order valence-corrected chi connectivity index (χ1v) is 7.00. The van der Waals surface area contributed by atoms with Gasteiger partial charge in [0.05, 0.1) is 0 Å². The summed E-state index contributed by atoms with van der Waals surface area (Å²) in [5, 5.41) is 0. The highest BCUT2D eigenvalue weighted by atomic mass is 14.0. The summed E-state index contributed by atoms with van der Waals surface area (Å²) in [6.07, 6.45) is 11.2. The molecule has 0 unspecified atom stereocenters. The Kier molecular flexibility index (Phi) is 6.69. The number of rotatable bonds is 7. The van der Waals surface area contributed by atoms with E-state index in [2.05, 4.69) is 57.2 Å². The minimum Gasteiger partial charge on any atom is -0.0839 e. The summed E-state index contributed by atoms with van der Waals surface area (Å²) in [5.41, 5.74) is 2.75. The van der Waals surface area contributed by atoms with Crippen molar-refractivity contribution < 1.29 is 0 Å². The maximum absolute atomic E-state index is 2.31. The summed E-state index contributed by atoms with van der Waals surface area (Å²) in [6.45, 7) is 6.73. The molecule has 0 aromatic heterocycles. The third kappa shape index (κ3) is 5.72. The lowest BCUT2D eigenvalue weighted by atomic mass is 10.0. The zero-order chi connectivity index (χ0) is 12.5. The molecule has 0 fully saturated rings. The van der Waals surface area contributed by atoms with Crippen LogP contribution >= 0.6 is 0 Å². The highest BCUT2D eigenvalue weighted by molar-refractivity contribution is 5.49. The summed E-state index contributed by atoms with van der Waals surface area (Å²) >= 11 is 0. The van der Waals surface area contributed by atoms with Gasteiger partial charge in [0, 0.05) is 0 Å². The van der Waals surface area contributed by atoms with Gasteiger partial charge in [0.15, 0.2) is 0 Å². The molecule has 0 bridgehead atoms. The van der Waals surface area contributed by atoms with E-state index >= 15 is 0 Å². The summed E-state index contributed by atoms with van der Waals surface area (Å²) in [5.74, 6) is 0.627. The molecule has 0 saturated heterocycles. The van der Waals surface area contributed by atoms with Crippen LogP contribution in [0.5, 0.6) is 0 Å². The lowest BCUT2D eigenvalue weighted by Gasteiger charge is -2.04. The third-order valence-electron chi connectivity index (χ3n) is 3.14. The van der Waals surface area contributed by atoms with Crippen LogP contribution in [0.3, 0.4) is 0 Å². The van der Waals surface area contributed by atoms with Gasteiger partial charge in [0.25, 0.3) is 0 Å². The second-order valence-electron chi connectivity index (χ2n) is 5.07. The molecule has 0 aliphatic carbocycles. The van der Waals surface area contributed by atoms with Gasteiger partial charge in [-0.3, -0.25) is 0 Å². The number of benzene rings is 1. The molecule has 0 atom stereocenters. The molecule has 0 spiro atoms. The molecule has 0 heterocycles. The minimum absolute atomic E-state index is 0.627. The van der Waals surface area contributed by atoms with Gasteiger partial charge in [-0.05, 0) is 29.9 Å². The normalized spacial score (nSPS) is 11.5. The quantitative estimate of drug-likeness (QED) is 0.520. The van der Waals surface area contributed by atoms with E-state index in [1.54, 1.807) is 0 Å². The number of allylic oxidation sites excluding steroid dienone is 1. The van der Waals surface area contributed by atoms with Crippen molar-refractivity contribution in [3.8, 4) is 0 Å². The van der Waals surface area contributed by atoms with Crippen molar-refractivity contribution in [2.45, 2.75) is 58.8 Å². The van der Waals surface area contributed by atoms with Gasteiger partial charge in [0.2, 0.25) is 0 Å². The van der Waals surface area contributed by atoms with Gasteiger partial charge in [-0.25, -0.2) is 0 Å². The van der Waals surface area contributed by atoms with E-state index in [-0.39, 0.29) is 0 Å². The van der Waals surface area contributed by atoms with Crippen LogP contribution in [0.25, 0.3) is 6.08 Å². The van der Waals surface area contributed by atoms with Crippen molar-refractivity contribution in [1.82, 2.24) is 0 Å².